The van der Waals surface area contributed by atoms with E-state index in [1.807, 2.05) is 30.3 Å². The molecule has 0 aliphatic heterocycles. The minimum absolute atomic E-state index is 0.378. The molecule has 23 heavy (non-hydrogen) atoms. The van der Waals surface area contributed by atoms with E-state index in [1.165, 1.54) is 11.8 Å². The van der Waals surface area contributed by atoms with Crippen LogP contribution >= 0.6 is 24.0 Å². The molecule has 0 spiro atoms. The van der Waals surface area contributed by atoms with Crippen LogP contribution in [-0.2, 0) is 5.75 Å². The number of thiocarbonyl (C=S) groups is 1. The first kappa shape index (κ1) is 20.0. The number of hydrogen-bond donors (Lipinski definition) is 6. The molecular formula is C14H20N2O5S2. The second-order valence-electron chi connectivity index (χ2n) is 4.67. The summed E-state index contributed by atoms with van der Waals surface area (Å²) < 4.78 is 0.378. The molecule has 0 aliphatic carbocycles. The summed E-state index contributed by atoms with van der Waals surface area (Å²) in [5.74, 6) is 0.661. The van der Waals surface area contributed by atoms with Gasteiger partial charge in [0.05, 0.1) is 12.8 Å². The molecule has 0 aliphatic rings. The van der Waals surface area contributed by atoms with Gasteiger partial charge >= 0.3 is 0 Å². The van der Waals surface area contributed by atoms with Gasteiger partial charge in [0.2, 0.25) is 0 Å². The van der Waals surface area contributed by atoms with E-state index in [2.05, 4.69) is 10.5 Å². The van der Waals surface area contributed by atoms with Gasteiger partial charge in [0.1, 0.15) is 24.4 Å². The lowest BCUT2D eigenvalue weighted by atomic mass is 10.0. The monoisotopic (exact) mass is 360 g/mol. The van der Waals surface area contributed by atoms with Crippen LogP contribution in [0.1, 0.15) is 5.56 Å². The Kier molecular flexibility index (Phi) is 9.26. The highest BCUT2D eigenvalue weighted by atomic mass is 32.2. The fourth-order valence-corrected chi connectivity index (χ4v) is 2.38. The highest BCUT2D eigenvalue weighted by molar-refractivity contribution is 8.22. The van der Waals surface area contributed by atoms with Crippen LogP contribution in [0.5, 0.6) is 0 Å². The van der Waals surface area contributed by atoms with Gasteiger partial charge in [0.15, 0.2) is 4.32 Å². The first-order chi connectivity index (χ1) is 11.0. The molecule has 0 saturated carbocycles. The van der Waals surface area contributed by atoms with Crippen LogP contribution in [0.4, 0.5) is 0 Å². The highest BCUT2D eigenvalue weighted by Gasteiger charge is 2.29. The Morgan fingerprint density at radius 2 is 1.83 bits per heavy atom. The number of aliphatic hydroxyl groups excluding tert-OH is 5. The van der Waals surface area contributed by atoms with Gasteiger partial charge < -0.3 is 25.5 Å². The molecule has 9 heteroatoms. The van der Waals surface area contributed by atoms with Crippen LogP contribution in [0.3, 0.4) is 0 Å². The predicted octanol–water partition coefficient (Wildman–Crippen LogP) is -0.784. The molecule has 0 amide bonds. The van der Waals surface area contributed by atoms with Crippen LogP contribution in [0, 0.1) is 0 Å². The van der Waals surface area contributed by atoms with Crippen molar-refractivity contribution in [3.63, 3.8) is 0 Å². The van der Waals surface area contributed by atoms with Crippen LogP contribution in [0.15, 0.2) is 35.4 Å². The van der Waals surface area contributed by atoms with Crippen LogP contribution in [0.25, 0.3) is 0 Å². The number of benzene rings is 1. The Morgan fingerprint density at radius 1 is 1.17 bits per heavy atom. The number of hydrazone groups is 1. The summed E-state index contributed by atoms with van der Waals surface area (Å²) in [6, 6.07) is 9.70. The fraction of sp³-hybridized carbons (Fsp3) is 0.429. The molecule has 4 atom stereocenters. The van der Waals surface area contributed by atoms with Crippen molar-refractivity contribution in [2.75, 3.05) is 6.61 Å². The summed E-state index contributed by atoms with van der Waals surface area (Å²) in [6.45, 7) is -0.736. The third-order valence-electron chi connectivity index (χ3n) is 2.88. The third-order valence-corrected chi connectivity index (χ3v) is 4.15. The first-order valence-corrected chi connectivity index (χ1v) is 8.18. The second-order valence-corrected chi connectivity index (χ2v) is 6.33. The highest BCUT2D eigenvalue weighted by Crippen LogP contribution is 2.12. The number of aliphatic hydroxyl groups is 5. The smallest absolute Gasteiger partial charge is 0.154 e. The Morgan fingerprint density at radius 3 is 2.43 bits per heavy atom. The SMILES string of the molecule is OC[C@@H](O)[C@H](O)[C@H](O)[C@H](O)/C=N/NC(=S)SCc1ccccc1. The van der Waals surface area contributed by atoms with Gasteiger partial charge in [-0.05, 0) is 5.56 Å². The van der Waals surface area contributed by atoms with Crippen molar-refractivity contribution in [2.24, 2.45) is 5.10 Å². The van der Waals surface area contributed by atoms with Crippen molar-refractivity contribution in [2.45, 2.75) is 30.2 Å². The van der Waals surface area contributed by atoms with E-state index in [0.29, 0.717) is 10.1 Å². The Labute approximate surface area is 143 Å². The molecule has 1 aromatic rings. The first-order valence-electron chi connectivity index (χ1n) is 6.78. The average molecular weight is 360 g/mol. The van der Waals surface area contributed by atoms with Crippen LogP contribution in [0.2, 0.25) is 0 Å². The zero-order chi connectivity index (χ0) is 17.2. The molecule has 7 nitrogen and oxygen atoms in total. The van der Waals surface area contributed by atoms with E-state index in [1.54, 1.807) is 0 Å². The standard InChI is InChI=1S/C14H20N2O5S2/c17-7-11(19)13(21)12(20)10(18)6-15-16-14(22)23-8-9-4-2-1-3-5-9/h1-6,10-13,17-21H,7-8H2,(H,16,22)/b15-6+/t10-,11-,12-,13+/m1/s1. The van der Waals surface area contributed by atoms with Crippen molar-refractivity contribution in [1.29, 1.82) is 0 Å². The summed E-state index contributed by atoms with van der Waals surface area (Å²) in [7, 11) is 0. The van der Waals surface area contributed by atoms with Crippen molar-refractivity contribution < 1.29 is 25.5 Å². The topological polar surface area (TPSA) is 126 Å². The number of rotatable bonds is 8. The number of hydrogen-bond acceptors (Lipinski definition) is 8. The summed E-state index contributed by atoms with van der Waals surface area (Å²) in [4.78, 5) is 0. The van der Waals surface area contributed by atoms with Gasteiger partial charge in [0, 0.05) is 5.75 Å². The molecule has 0 bridgehead atoms. The van der Waals surface area contributed by atoms with Gasteiger partial charge in [-0.2, -0.15) is 5.10 Å². The van der Waals surface area contributed by atoms with E-state index in [9.17, 15) is 20.4 Å². The second kappa shape index (κ2) is 10.7. The maximum Gasteiger partial charge on any atom is 0.154 e. The summed E-state index contributed by atoms with van der Waals surface area (Å²) in [5, 5.41) is 50.2. The van der Waals surface area contributed by atoms with Gasteiger partial charge in [-0.25, -0.2) is 0 Å². The van der Waals surface area contributed by atoms with E-state index < -0.39 is 31.0 Å². The molecule has 6 N–H and O–H groups in total. The van der Waals surface area contributed by atoms with Gasteiger partial charge in [-0.15, -0.1) is 0 Å². The number of nitrogens with one attached hydrogen (secondary N) is 1. The van der Waals surface area contributed by atoms with Crippen molar-refractivity contribution in [3.05, 3.63) is 35.9 Å². The zero-order valence-corrected chi connectivity index (χ0v) is 13.8. The molecule has 0 saturated heterocycles. The maximum absolute atomic E-state index is 9.61. The maximum atomic E-state index is 9.61. The molecule has 0 unspecified atom stereocenters. The predicted molar refractivity (Wildman–Crippen MR) is 93.1 cm³/mol. The average Bonchev–Trinajstić information content (AvgIpc) is 2.58. The number of nitrogens with zero attached hydrogens (tertiary/aromatic N) is 1. The molecular weight excluding hydrogens is 340 g/mol. The van der Waals surface area contributed by atoms with E-state index in [0.717, 1.165) is 11.8 Å². The molecule has 0 aromatic heterocycles. The number of thioether (sulfide) groups is 1. The molecule has 128 valence electrons. The molecule has 0 fully saturated rings. The van der Waals surface area contributed by atoms with E-state index >= 15 is 0 Å². The Hall–Kier alpha value is -1.07. The lowest BCUT2D eigenvalue weighted by molar-refractivity contribution is -0.0999. The molecule has 1 aromatic carbocycles. The summed E-state index contributed by atoms with van der Waals surface area (Å²) in [5.41, 5.74) is 3.62. The minimum Gasteiger partial charge on any atom is -0.394 e. The Bertz CT molecular complexity index is 503. The van der Waals surface area contributed by atoms with Crippen LogP contribution in [-0.4, -0.2) is 67.1 Å². The zero-order valence-electron chi connectivity index (χ0n) is 12.2. The molecule has 1 rings (SSSR count). The van der Waals surface area contributed by atoms with E-state index in [-0.39, 0.29) is 0 Å². The molecule has 0 heterocycles. The lowest BCUT2D eigenvalue weighted by Crippen LogP contribution is -2.46. The van der Waals surface area contributed by atoms with Crippen molar-refractivity contribution in [1.82, 2.24) is 5.43 Å². The van der Waals surface area contributed by atoms with Crippen LogP contribution < -0.4 is 5.43 Å². The quantitative estimate of drug-likeness (QED) is 0.203. The molecule has 0 radical (unpaired) electrons. The van der Waals surface area contributed by atoms with Crippen molar-refractivity contribution in [3.8, 4) is 0 Å². The third kappa shape index (κ3) is 7.36. The largest absolute Gasteiger partial charge is 0.394 e. The fourth-order valence-electron chi connectivity index (χ4n) is 1.55. The Balaban J connectivity index is 2.35. The normalized spacial score (nSPS) is 16.7. The van der Waals surface area contributed by atoms with E-state index in [4.69, 9.17) is 17.3 Å². The van der Waals surface area contributed by atoms with Gasteiger partial charge in [0.25, 0.3) is 0 Å². The van der Waals surface area contributed by atoms with Crippen molar-refractivity contribution >= 4 is 34.5 Å². The minimum atomic E-state index is -1.69. The lowest BCUT2D eigenvalue weighted by Gasteiger charge is -2.23. The van der Waals surface area contributed by atoms with Gasteiger partial charge in [-0.1, -0.05) is 54.3 Å². The summed E-state index contributed by atoms with van der Waals surface area (Å²) in [6.07, 6.45) is -5.51. The van der Waals surface area contributed by atoms with Gasteiger partial charge in [-0.3, -0.25) is 5.43 Å². The summed E-state index contributed by atoms with van der Waals surface area (Å²) >= 11 is 6.40.